The highest BCUT2D eigenvalue weighted by molar-refractivity contribution is 6.01. The number of nitrogen functional groups attached to an aromatic ring is 1. The van der Waals surface area contributed by atoms with E-state index in [0.717, 1.165) is 12.1 Å². The summed E-state index contributed by atoms with van der Waals surface area (Å²) in [6.45, 7) is 3.30. The fraction of sp³-hybridized carbons (Fsp3) is 0.571. The summed E-state index contributed by atoms with van der Waals surface area (Å²) in [6, 6.07) is 2.04. The monoisotopic (exact) mass is 277 g/mol. The van der Waals surface area contributed by atoms with Crippen LogP contribution >= 0.6 is 0 Å². The summed E-state index contributed by atoms with van der Waals surface area (Å²) < 4.78 is 0. The Kier molecular flexibility index (Phi) is 4.25. The molecule has 110 valence electrons. The predicted octanol–water partition coefficient (Wildman–Crippen LogP) is 0.175. The zero-order chi connectivity index (χ0) is 14.9. The van der Waals surface area contributed by atoms with Gasteiger partial charge in [-0.15, -0.1) is 0 Å². The summed E-state index contributed by atoms with van der Waals surface area (Å²) in [7, 11) is 4.02. The third kappa shape index (κ3) is 2.91. The molecule has 0 spiro atoms. The molecule has 1 aromatic heterocycles. The first-order valence-corrected chi connectivity index (χ1v) is 6.79. The number of nitrogens with zero attached hydrogens (tertiary/aromatic N) is 3. The summed E-state index contributed by atoms with van der Waals surface area (Å²) in [6.07, 6.45) is 2.08. The smallest absolute Gasteiger partial charge is 0.140 e. The summed E-state index contributed by atoms with van der Waals surface area (Å²) in [5, 5.41) is 17.7. The van der Waals surface area contributed by atoms with Crippen molar-refractivity contribution in [3.63, 3.8) is 0 Å². The number of hydrogen-bond donors (Lipinski definition) is 3. The van der Waals surface area contributed by atoms with E-state index in [4.69, 9.17) is 11.1 Å². The molecule has 2 heterocycles. The number of anilines is 1. The minimum absolute atomic E-state index is 0.0237. The largest absolute Gasteiger partial charge is 0.391 e. The number of rotatable bonds is 4. The SMILES string of the molecule is Cc1ccnc(N2CC(O)CC2CN(C)C)c1C(=N)N. The van der Waals surface area contributed by atoms with E-state index in [9.17, 15) is 5.11 Å². The number of aliphatic hydroxyl groups excluding tert-OH is 1. The Balaban J connectivity index is 2.39. The van der Waals surface area contributed by atoms with Crippen LogP contribution in [0.5, 0.6) is 0 Å². The van der Waals surface area contributed by atoms with E-state index in [-0.39, 0.29) is 18.0 Å². The summed E-state index contributed by atoms with van der Waals surface area (Å²) in [4.78, 5) is 8.58. The van der Waals surface area contributed by atoms with Gasteiger partial charge in [-0.05, 0) is 39.1 Å². The first-order chi connectivity index (χ1) is 9.40. The molecule has 0 radical (unpaired) electrons. The predicted molar refractivity (Wildman–Crippen MR) is 80.3 cm³/mol. The number of likely N-dealkylation sites (N-methyl/N-ethyl adjacent to an activating group) is 1. The Morgan fingerprint density at radius 3 is 2.90 bits per heavy atom. The standard InChI is InChI=1S/C14H23N5O/c1-9-4-5-17-14(12(9)13(15)16)19-8-11(20)6-10(19)7-18(2)3/h4-5,10-11,20H,6-8H2,1-3H3,(H3,15,16). The molecule has 20 heavy (non-hydrogen) atoms. The first kappa shape index (κ1) is 14.7. The average molecular weight is 277 g/mol. The van der Waals surface area contributed by atoms with Crippen molar-refractivity contribution in [1.29, 1.82) is 5.41 Å². The van der Waals surface area contributed by atoms with E-state index in [0.29, 0.717) is 24.3 Å². The fourth-order valence-corrected chi connectivity index (χ4v) is 2.84. The van der Waals surface area contributed by atoms with Crippen LogP contribution in [0.25, 0.3) is 0 Å². The third-order valence-corrected chi connectivity index (χ3v) is 3.65. The van der Waals surface area contributed by atoms with E-state index in [2.05, 4.69) is 14.8 Å². The lowest BCUT2D eigenvalue weighted by atomic mass is 10.1. The maximum Gasteiger partial charge on any atom is 0.140 e. The topological polar surface area (TPSA) is 89.5 Å². The maximum absolute atomic E-state index is 9.97. The molecule has 1 fully saturated rings. The van der Waals surface area contributed by atoms with Gasteiger partial charge in [0.15, 0.2) is 0 Å². The normalized spacial score (nSPS) is 22.6. The molecule has 0 amide bonds. The molecule has 2 unspecified atom stereocenters. The van der Waals surface area contributed by atoms with Crippen LogP contribution < -0.4 is 10.6 Å². The fourth-order valence-electron chi connectivity index (χ4n) is 2.84. The second-order valence-corrected chi connectivity index (χ2v) is 5.70. The quantitative estimate of drug-likeness (QED) is 0.539. The Hall–Kier alpha value is -1.66. The highest BCUT2D eigenvalue weighted by Crippen LogP contribution is 2.28. The van der Waals surface area contributed by atoms with Gasteiger partial charge in [-0.1, -0.05) is 0 Å². The van der Waals surface area contributed by atoms with E-state index in [1.165, 1.54) is 0 Å². The Morgan fingerprint density at radius 1 is 1.60 bits per heavy atom. The number of aryl methyl sites for hydroxylation is 1. The molecule has 6 heteroatoms. The van der Waals surface area contributed by atoms with Crippen molar-refractivity contribution in [3.05, 3.63) is 23.4 Å². The van der Waals surface area contributed by atoms with Crippen LogP contribution in [-0.4, -0.2) is 60.2 Å². The van der Waals surface area contributed by atoms with Gasteiger partial charge < -0.3 is 20.6 Å². The number of pyridine rings is 1. The van der Waals surface area contributed by atoms with Gasteiger partial charge in [-0.2, -0.15) is 0 Å². The molecular weight excluding hydrogens is 254 g/mol. The molecule has 1 aromatic rings. The van der Waals surface area contributed by atoms with Crippen molar-refractivity contribution in [3.8, 4) is 0 Å². The molecule has 0 saturated carbocycles. The highest BCUT2D eigenvalue weighted by atomic mass is 16.3. The minimum atomic E-state index is -0.359. The lowest BCUT2D eigenvalue weighted by molar-refractivity contribution is 0.191. The lowest BCUT2D eigenvalue weighted by Crippen LogP contribution is -2.39. The number of hydrogen-bond acceptors (Lipinski definition) is 5. The van der Waals surface area contributed by atoms with Crippen molar-refractivity contribution in [2.24, 2.45) is 5.73 Å². The van der Waals surface area contributed by atoms with Gasteiger partial charge in [0.1, 0.15) is 11.7 Å². The van der Waals surface area contributed by atoms with Crippen molar-refractivity contribution < 1.29 is 5.11 Å². The molecule has 2 atom stereocenters. The molecule has 0 aromatic carbocycles. The van der Waals surface area contributed by atoms with Crippen LogP contribution in [0.1, 0.15) is 17.5 Å². The number of nitrogens with one attached hydrogen (secondary N) is 1. The Morgan fingerprint density at radius 2 is 2.30 bits per heavy atom. The van der Waals surface area contributed by atoms with Crippen LogP contribution in [0, 0.1) is 12.3 Å². The molecule has 1 saturated heterocycles. The van der Waals surface area contributed by atoms with Gasteiger partial charge in [-0.25, -0.2) is 4.98 Å². The number of aliphatic hydroxyl groups is 1. The second kappa shape index (κ2) is 5.76. The molecule has 2 rings (SSSR count). The molecule has 6 nitrogen and oxygen atoms in total. The molecule has 4 N–H and O–H groups in total. The number of aromatic nitrogens is 1. The Labute approximate surface area is 119 Å². The Bertz CT molecular complexity index is 502. The molecule has 1 aliphatic heterocycles. The van der Waals surface area contributed by atoms with E-state index < -0.39 is 0 Å². The molecule has 1 aliphatic rings. The van der Waals surface area contributed by atoms with Crippen LogP contribution in [0.15, 0.2) is 12.3 Å². The lowest BCUT2D eigenvalue weighted by Gasteiger charge is -2.29. The molecule has 0 aliphatic carbocycles. The third-order valence-electron chi connectivity index (χ3n) is 3.65. The highest BCUT2D eigenvalue weighted by Gasteiger charge is 2.33. The van der Waals surface area contributed by atoms with Gasteiger partial charge >= 0.3 is 0 Å². The van der Waals surface area contributed by atoms with Crippen molar-refractivity contribution in [1.82, 2.24) is 9.88 Å². The van der Waals surface area contributed by atoms with Gasteiger partial charge in [0, 0.05) is 25.3 Å². The van der Waals surface area contributed by atoms with E-state index in [1.54, 1.807) is 6.20 Å². The van der Waals surface area contributed by atoms with Crippen molar-refractivity contribution in [2.75, 3.05) is 32.1 Å². The van der Waals surface area contributed by atoms with Gasteiger partial charge in [-0.3, -0.25) is 5.41 Å². The van der Waals surface area contributed by atoms with Crippen LogP contribution in [0.3, 0.4) is 0 Å². The molecular formula is C14H23N5O. The summed E-state index contributed by atoms with van der Waals surface area (Å²) in [5.41, 5.74) is 7.32. The van der Waals surface area contributed by atoms with Gasteiger partial charge in [0.05, 0.1) is 11.7 Å². The van der Waals surface area contributed by atoms with Crippen molar-refractivity contribution >= 4 is 11.7 Å². The van der Waals surface area contributed by atoms with E-state index in [1.807, 2.05) is 27.1 Å². The zero-order valence-corrected chi connectivity index (χ0v) is 12.3. The van der Waals surface area contributed by atoms with Crippen LogP contribution in [0.4, 0.5) is 5.82 Å². The maximum atomic E-state index is 9.97. The van der Waals surface area contributed by atoms with Crippen molar-refractivity contribution in [2.45, 2.75) is 25.5 Å². The van der Waals surface area contributed by atoms with Crippen LogP contribution in [-0.2, 0) is 0 Å². The average Bonchev–Trinajstić information content (AvgIpc) is 2.68. The first-order valence-electron chi connectivity index (χ1n) is 6.79. The minimum Gasteiger partial charge on any atom is -0.391 e. The van der Waals surface area contributed by atoms with Gasteiger partial charge in [0.25, 0.3) is 0 Å². The summed E-state index contributed by atoms with van der Waals surface area (Å²) in [5.74, 6) is 0.733. The number of amidine groups is 1. The number of β-amino-alcohol motifs (C(OH)–C–C–N with tert-alkyl or cyclic N) is 1. The zero-order valence-electron chi connectivity index (χ0n) is 12.3. The van der Waals surface area contributed by atoms with Crippen LogP contribution in [0.2, 0.25) is 0 Å². The van der Waals surface area contributed by atoms with Gasteiger partial charge in [0.2, 0.25) is 0 Å². The van der Waals surface area contributed by atoms with E-state index >= 15 is 0 Å². The second-order valence-electron chi connectivity index (χ2n) is 5.70. The number of nitrogens with two attached hydrogens (primary N) is 1. The molecule has 0 bridgehead atoms. The summed E-state index contributed by atoms with van der Waals surface area (Å²) >= 11 is 0.